The number of rotatable bonds is 2. The third-order valence-electron chi connectivity index (χ3n) is 1.86. The van der Waals surface area contributed by atoms with Crippen LogP contribution in [0.15, 0.2) is 12.1 Å². The molecule has 0 unspecified atom stereocenters. The fraction of sp³-hybridized carbons (Fsp3) is 0.200. The van der Waals surface area contributed by atoms with Crippen molar-refractivity contribution in [2.24, 2.45) is 0 Å². The van der Waals surface area contributed by atoms with Crippen LogP contribution < -0.4 is 0 Å². The van der Waals surface area contributed by atoms with E-state index in [1.54, 1.807) is 13.0 Å². The van der Waals surface area contributed by atoms with Gasteiger partial charge in [-0.2, -0.15) is 5.26 Å². The van der Waals surface area contributed by atoms with E-state index in [2.05, 4.69) is 0 Å². The zero-order chi connectivity index (χ0) is 10.7. The van der Waals surface area contributed by atoms with Gasteiger partial charge < -0.3 is 0 Å². The molecule has 0 aliphatic carbocycles. The minimum absolute atomic E-state index is 0.0615. The zero-order valence-corrected chi connectivity index (χ0v) is 8.23. The van der Waals surface area contributed by atoms with Gasteiger partial charge in [0.15, 0.2) is 5.78 Å². The molecule has 4 heteroatoms. The van der Waals surface area contributed by atoms with E-state index in [0.29, 0.717) is 5.56 Å². The molecule has 0 aromatic heterocycles. The van der Waals surface area contributed by atoms with Crippen molar-refractivity contribution in [1.29, 1.82) is 5.26 Å². The van der Waals surface area contributed by atoms with Crippen molar-refractivity contribution in [3.05, 3.63) is 34.6 Å². The van der Waals surface area contributed by atoms with Crippen LogP contribution in [0.25, 0.3) is 0 Å². The smallest absolute Gasteiger partial charge is 0.177 e. The summed E-state index contributed by atoms with van der Waals surface area (Å²) in [7, 11) is 0. The Morgan fingerprint density at radius 2 is 2.29 bits per heavy atom. The van der Waals surface area contributed by atoms with E-state index in [0.717, 1.165) is 6.07 Å². The average molecular weight is 212 g/mol. The Hall–Kier alpha value is -1.40. The summed E-state index contributed by atoms with van der Waals surface area (Å²) in [6.07, 6.45) is 0. The van der Waals surface area contributed by atoms with Crippen LogP contribution >= 0.6 is 11.6 Å². The van der Waals surface area contributed by atoms with E-state index in [1.165, 1.54) is 6.07 Å². The molecule has 0 N–H and O–H groups in total. The lowest BCUT2D eigenvalue weighted by atomic mass is 10.0. The van der Waals surface area contributed by atoms with E-state index in [-0.39, 0.29) is 22.8 Å². The fourth-order valence-corrected chi connectivity index (χ4v) is 1.28. The number of carbonyl (C=O) groups excluding carboxylic acids is 1. The van der Waals surface area contributed by atoms with Gasteiger partial charge in [0.2, 0.25) is 0 Å². The van der Waals surface area contributed by atoms with Crippen molar-refractivity contribution >= 4 is 17.4 Å². The van der Waals surface area contributed by atoms with Gasteiger partial charge in [-0.3, -0.25) is 4.79 Å². The van der Waals surface area contributed by atoms with Crippen LogP contribution in [0.2, 0.25) is 0 Å². The Morgan fingerprint density at radius 1 is 1.64 bits per heavy atom. The van der Waals surface area contributed by atoms with Gasteiger partial charge in [-0.1, -0.05) is 0 Å². The largest absolute Gasteiger partial charge is 0.293 e. The average Bonchev–Trinajstić information content (AvgIpc) is 2.19. The lowest BCUT2D eigenvalue weighted by Gasteiger charge is -2.03. The second-order valence-corrected chi connectivity index (χ2v) is 3.08. The van der Waals surface area contributed by atoms with Crippen molar-refractivity contribution in [3.63, 3.8) is 0 Å². The quantitative estimate of drug-likeness (QED) is 0.557. The van der Waals surface area contributed by atoms with E-state index >= 15 is 0 Å². The van der Waals surface area contributed by atoms with Crippen LogP contribution in [0.5, 0.6) is 0 Å². The minimum atomic E-state index is -0.688. The number of halogens is 2. The molecule has 72 valence electrons. The van der Waals surface area contributed by atoms with Crippen LogP contribution in [-0.4, -0.2) is 11.7 Å². The first-order chi connectivity index (χ1) is 6.60. The fourth-order valence-electron chi connectivity index (χ4n) is 1.14. The standard InChI is InChI=1S/C10H7ClFNO/c1-6-2-7(5-13)9(12)3-8(6)10(14)4-11/h2-3H,4H2,1H3. The van der Waals surface area contributed by atoms with Gasteiger partial charge in [-0.15, -0.1) is 11.6 Å². The molecular formula is C10H7ClFNO. The highest BCUT2D eigenvalue weighted by atomic mass is 35.5. The van der Waals surface area contributed by atoms with Gasteiger partial charge in [0.1, 0.15) is 11.9 Å². The highest BCUT2D eigenvalue weighted by Crippen LogP contribution is 2.15. The van der Waals surface area contributed by atoms with Crippen LogP contribution in [-0.2, 0) is 0 Å². The van der Waals surface area contributed by atoms with Crippen molar-refractivity contribution in [1.82, 2.24) is 0 Å². The SMILES string of the molecule is Cc1cc(C#N)c(F)cc1C(=O)CCl. The highest BCUT2D eigenvalue weighted by Gasteiger charge is 2.12. The van der Waals surface area contributed by atoms with Crippen LogP contribution in [0.1, 0.15) is 21.5 Å². The Bertz CT molecular complexity index is 423. The molecule has 0 heterocycles. The Balaban J connectivity index is 3.30. The zero-order valence-electron chi connectivity index (χ0n) is 7.47. The first-order valence-corrected chi connectivity index (χ1v) is 4.43. The molecule has 0 bridgehead atoms. The van der Waals surface area contributed by atoms with E-state index in [9.17, 15) is 9.18 Å². The summed E-state index contributed by atoms with van der Waals surface area (Å²) in [5.74, 6) is -1.22. The molecular weight excluding hydrogens is 205 g/mol. The maximum Gasteiger partial charge on any atom is 0.177 e. The van der Waals surface area contributed by atoms with Gasteiger partial charge in [0.05, 0.1) is 11.4 Å². The highest BCUT2D eigenvalue weighted by molar-refractivity contribution is 6.30. The molecule has 0 amide bonds. The molecule has 0 saturated heterocycles. The molecule has 1 aromatic rings. The Labute approximate surface area is 85.9 Å². The summed E-state index contributed by atoms with van der Waals surface area (Å²) in [5.41, 5.74) is 0.735. The molecule has 1 rings (SSSR count). The number of Topliss-reactive ketones (excluding diaryl/α,β-unsaturated/α-hetero) is 1. The summed E-state index contributed by atoms with van der Waals surface area (Å²) in [6, 6.07) is 4.10. The third kappa shape index (κ3) is 1.91. The van der Waals surface area contributed by atoms with E-state index < -0.39 is 5.82 Å². The number of ketones is 1. The number of nitrogens with zero attached hydrogens (tertiary/aromatic N) is 1. The van der Waals surface area contributed by atoms with Crippen LogP contribution in [0, 0.1) is 24.1 Å². The van der Waals surface area contributed by atoms with Gasteiger partial charge in [-0.25, -0.2) is 4.39 Å². The summed E-state index contributed by atoms with van der Waals surface area (Å²) >= 11 is 5.35. The predicted octanol–water partition coefficient (Wildman–Crippen LogP) is 2.43. The molecule has 0 aliphatic rings. The lowest BCUT2D eigenvalue weighted by Crippen LogP contribution is -2.04. The van der Waals surface area contributed by atoms with Crippen LogP contribution in [0.4, 0.5) is 4.39 Å². The first-order valence-electron chi connectivity index (χ1n) is 3.89. The Kier molecular flexibility index (Phi) is 3.21. The van der Waals surface area contributed by atoms with Gasteiger partial charge in [0, 0.05) is 5.56 Å². The molecule has 1 aromatic carbocycles. The maximum absolute atomic E-state index is 13.1. The predicted molar refractivity (Wildman–Crippen MR) is 50.9 cm³/mol. The summed E-state index contributed by atoms with van der Waals surface area (Å²) in [6.45, 7) is 1.64. The van der Waals surface area contributed by atoms with Crippen molar-refractivity contribution in [2.45, 2.75) is 6.92 Å². The van der Waals surface area contributed by atoms with Crippen molar-refractivity contribution < 1.29 is 9.18 Å². The topological polar surface area (TPSA) is 40.9 Å². The number of hydrogen-bond acceptors (Lipinski definition) is 2. The minimum Gasteiger partial charge on any atom is -0.293 e. The molecule has 0 fully saturated rings. The van der Waals surface area contributed by atoms with Crippen molar-refractivity contribution in [2.75, 3.05) is 5.88 Å². The first kappa shape index (κ1) is 10.7. The number of alkyl halides is 1. The molecule has 0 radical (unpaired) electrons. The number of benzene rings is 1. The molecule has 0 spiro atoms. The Morgan fingerprint density at radius 3 is 2.79 bits per heavy atom. The monoisotopic (exact) mass is 211 g/mol. The third-order valence-corrected chi connectivity index (χ3v) is 2.10. The molecule has 0 saturated carbocycles. The molecule has 2 nitrogen and oxygen atoms in total. The second kappa shape index (κ2) is 4.21. The summed E-state index contributed by atoms with van der Waals surface area (Å²) in [4.78, 5) is 11.2. The number of carbonyl (C=O) groups is 1. The number of aryl methyl sites for hydroxylation is 1. The molecule has 0 atom stereocenters. The normalized spacial score (nSPS) is 9.57. The number of nitriles is 1. The number of hydrogen-bond donors (Lipinski definition) is 0. The van der Waals surface area contributed by atoms with Crippen molar-refractivity contribution in [3.8, 4) is 6.07 Å². The summed E-state index contributed by atoms with van der Waals surface area (Å²) in [5, 5.41) is 8.53. The molecule has 0 aliphatic heterocycles. The maximum atomic E-state index is 13.1. The van der Waals surface area contributed by atoms with E-state index in [1.807, 2.05) is 0 Å². The van der Waals surface area contributed by atoms with Gasteiger partial charge in [-0.05, 0) is 24.6 Å². The van der Waals surface area contributed by atoms with Crippen LogP contribution in [0.3, 0.4) is 0 Å². The summed E-state index contributed by atoms with van der Waals surface area (Å²) < 4.78 is 13.1. The lowest BCUT2D eigenvalue weighted by molar-refractivity contribution is 0.102. The van der Waals surface area contributed by atoms with Gasteiger partial charge in [0.25, 0.3) is 0 Å². The van der Waals surface area contributed by atoms with E-state index in [4.69, 9.17) is 16.9 Å². The molecule has 14 heavy (non-hydrogen) atoms. The van der Waals surface area contributed by atoms with Gasteiger partial charge >= 0.3 is 0 Å². The second-order valence-electron chi connectivity index (χ2n) is 2.82.